The molecule has 0 spiro atoms. The van der Waals surface area contributed by atoms with E-state index in [9.17, 15) is 0 Å². The molecule has 1 aromatic rings. The van der Waals surface area contributed by atoms with Crippen molar-refractivity contribution < 1.29 is 0 Å². The molecule has 2 heteroatoms. The molecular weight excluding hydrogens is 208 g/mol. The SMILES string of the molecule is CC1CC(NCc2ccccc2CN(C)C)C1. The van der Waals surface area contributed by atoms with Crippen molar-refractivity contribution in [3.63, 3.8) is 0 Å². The van der Waals surface area contributed by atoms with Gasteiger partial charge in [-0.1, -0.05) is 31.2 Å². The van der Waals surface area contributed by atoms with E-state index < -0.39 is 0 Å². The Bertz CT molecular complexity index is 354. The standard InChI is InChI=1S/C15H24N2/c1-12-8-15(9-12)16-10-13-6-4-5-7-14(13)11-17(2)3/h4-7,12,15-16H,8-11H2,1-3H3. The first-order chi connectivity index (χ1) is 8.15. The summed E-state index contributed by atoms with van der Waals surface area (Å²) >= 11 is 0. The monoisotopic (exact) mass is 232 g/mol. The molecular formula is C15H24N2. The molecule has 0 radical (unpaired) electrons. The van der Waals surface area contributed by atoms with E-state index in [1.165, 1.54) is 24.0 Å². The molecule has 1 fully saturated rings. The van der Waals surface area contributed by atoms with Crippen molar-refractivity contribution in [3.8, 4) is 0 Å². The molecule has 0 unspecified atom stereocenters. The van der Waals surface area contributed by atoms with Crippen LogP contribution in [0.1, 0.15) is 30.9 Å². The summed E-state index contributed by atoms with van der Waals surface area (Å²) in [6.07, 6.45) is 2.69. The Morgan fingerprint density at radius 2 is 1.82 bits per heavy atom. The Morgan fingerprint density at radius 1 is 1.18 bits per heavy atom. The summed E-state index contributed by atoms with van der Waals surface area (Å²) in [5.74, 6) is 0.921. The van der Waals surface area contributed by atoms with Crippen molar-refractivity contribution >= 4 is 0 Å². The van der Waals surface area contributed by atoms with E-state index in [0.717, 1.165) is 25.0 Å². The van der Waals surface area contributed by atoms with Crippen LogP contribution in [0, 0.1) is 5.92 Å². The Balaban J connectivity index is 1.90. The number of nitrogens with zero attached hydrogens (tertiary/aromatic N) is 1. The molecule has 0 aliphatic heterocycles. The first-order valence-electron chi connectivity index (χ1n) is 6.60. The lowest BCUT2D eigenvalue weighted by molar-refractivity contribution is 0.240. The maximum atomic E-state index is 3.66. The van der Waals surface area contributed by atoms with E-state index in [2.05, 4.69) is 55.5 Å². The highest BCUT2D eigenvalue weighted by Crippen LogP contribution is 2.26. The van der Waals surface area contributed by atoms with Crippen molar-refractivity contribution in [2.45, 2.75) is 38.9 Å². The Labute approximate surface area is 105 Å². The molecule has 1 aromatic carbocycles. The normalized spacial score (nSPS) is 23.8. The molecule has 2 rings (SSSR count). The fourth-order valence-corrected chi connectivity index (χ4v) is 2.55. The van der Waals surface area contributed by atoms with Gasteiger partial charge in [0.2, 0.25) is 0 Å². The van der Waals surface area contributed by atoms with Gasteiger partial charge in [-0.25, -0.2) is 0 Å². The van der Waals surface area contributed by atoms with Crippen LogP contribution in [0.25, 0.3) is 0 Å². The zero-order valence-corrected chi connectivity index (χ0v) is 11.2. The molecule has 17 heavy (non-hydrogen) atoms. The van der Waals surface area contributed by atoms with Crippen LogP contribution in [0.5, 0.6) is 0 Å². The highest BCUT2D eigenvalue weighted by molar-refractivity contribution is 5.27. The van der Waals surface area contributed by atoms with Gasteiger partial charge >= 0.3 is 0 Å². The van der Waals surface area contributed by atoms with Crippen LogP contribution in [0.3, 0.4) is 0 Å². The van der Waals surface area contributed by atoms with Crippen LogP contribution in [-0.2, 0) is 13.1 Å². The number of hydrogen-bond acceptors (Lipinski definition) is 2. The predicted molar refractivity (Wildman–Crippen MR) is 72.9 cm³/mol. The smallest absolute Gasteiger partial charge is 0.0230 e. The molecule has 1 aliphatic rings. The molecule has 0 bridgehead atoms. The Morgan fingerprint density at radius 3 is 2.41 bits per heavy atom. The fourth-order valence-electron chi connectivity index (χ4n) is 2.55. The summed E-state index contributed by atoms with van der Waals surface area (Å²) in [5, 5.41) is 3.66. The maximum Gasteiger partial charge on any atom is 0.0230 e. The van der Waals surface area contributed by atoms with E-state index in [1.807, 2.05) is 0 Å². The molecule has 1 aliphatic carbocycles. The van der Waals surface area contributed by atoms with Gasteiger partial charge in [0.1, 0.15) is 0 Å². The van der Waals surface area contributed by atoms with Crippen molar-refractivity contribution in [1.82, 2.24) is 10.2 Å². The minimum absolute atomic E-state index is 0.748. The molecule has 1 saturated carbocycles. The van der Waals surface area contributed by atoms with Crippen LogP contribution in [0.4, 0.5) is 0 Å². The van der Waals surface area contributed by atoms with E-state index in [-0.39, 0.29) is 0 Å². The Kier molecular flexibility index (Phi) is 4.19. The summed E-state index contributed by atoms with van der Waals surface area (Å²) in [5.41, 5.74) is 2.89. The zero-order chi connectivity index (χ0) is 12.3. The van der Waals surface area contributed by atoms with E-state index in [0.29, 0.717) is 0 Å². The second-order valence-electron chi connectivity index (χ2n) is 5.66. The Hall–Kier alpha value is -0.860. The third-order valence-corrected chi connectivity index (χ3v) is 3.56. The average Bonchev–Trinajstić information content (AvgIpc) is 2.24. The van der Waals surface area contributed by atoms with Gasteiger partial charge in [-0.15, -0.1) is 0 Å². The lowest BCUT2D eigenvalue weighted by Gasteiger charge is -2.33. The van der Waals surface area contributed by atoms with Gasteiger partial charge in [0.05, 0.1) is 0 Å². The lowest BCUT2D eigenvalue weighted by atomic mass is 9.82. The van der Waals surface area contributed by atoms with Gasteiger partial charge in [-0.3, -0.25) is 0 Å². The number of rotatable bonds is 5. The van der Waals surface area contributed by atoms with Gasteiger partial charge in [-0.05, 0) is 44.0 Å². The third-order valence-electron chi connectivity index (χ3n) is 3.56. The van der Waals surface area contributed by atoms with E-state index >= 15 is 0 Å². The van der Waals surface area contributed by atoms with E-state index in [1.54, 1.807) is 0 Å². The van der Waals surface area contributed by atoms with Gasteiger partial charge in [-0.2, -0.15) is 0 Å². The summed E-state index contributed by atoms with van der Waals surface area (Å²) in [7, 11) is 4.25. The molecule has 94 valence electrons. The molecule has 0 heterocycles. The summed E-state index contributed by atoms with van der Waals surface area (Å²) in [6.45, 7) is 4.37. The fraction of sp³-hybridized carbons (Fsp3) is 0.600. The average molecular weight is 232 g/mol. The maximum absolute atomic E-state index is 3.66. The largest absolute Gasteiger partial charge is 0.310 e. The van der Waals surface area contributed by atoms with Gasteiger partial charge < -0.3 is 10.2 Å². The van der Waals surface area contributed by atoms with Crippen molar-refractivity contribution in [2.24, 2.45) is 5.92 Å². The molecule has 0 saturated heterocycles. The highest BCUT2D eigenvalue weighted by Gasteiger charge is 2.24. The minimum Gasteiger partial charge on any atom is -0.310 e. The van der Waals surface area contributed by atoms with Crippen LogP contribution < -0.4 is 5.32 Å². The molecule has 0 atom stereocenters. The molecule has 0 aromatic heterocycles. The first-order valence-corrected chi connectivity index (χ1v) is 6.60. The second kappa shape index (κ2) is 5.65. The number of hydrogen-bond donors (Lipinski definition) is 1. The number of benzene rings is 1. The highest BCUT2D eigenvalue weighted by atomic mass is 15.0. The third kappa shape index (κ3) is 3.55. The van der Waals surface area contributed by atoms with Crippen molar-refractivity contribution in [3.05, 3.63) is 35.4 Å². The first kappa shape index (κ1) is 12.6. The molecule has 1 N–H and O–H groups in total. The van der Waals surface area contributed by atoms with Gasteiger partial charge in [0.25, 0.3) is 0 Å². The van der Waals surface area contributed by atoms with Crippen LogP contribution in [0.2, 0.25) is 0 Å². The minimum atomic E-state index is 0.748. The van der Waals surface area contributed by atoms with Crippen LogP contribution in [0.15, 0.2) is 24.3 Å². The second-order valence-corrected chi connectivity index (χ2v) is 5.66. The summed E-state index contributed by atoms with van der Waals surface area (Å²) in [6, 6.07) is 9.50. The lowest BCUT2D eigenvalue weighted by Crippen LogP contribution is -2.39. The summed E-state index contributed by atoms with van der Waals surface area (Å²) < 4.78 is 0. The topological polar surface area (TPSA) is 15.3 Å². The summed E-state index contributed by atoms with van der Waals surface area (Å²) in [4.78, 5) is 2.23. The van der Waals surface area contributed by atoms with E-state index in [4.69, 9.17) is 0 Å². The quantitative estimate of drug-likeness (QED) is 0.839. The van der Waals surface area contributed by atoms with Gasteiger partial charge in [0, 0.05) is 19.1 Å². The van der Waals surface area contributed by atoms with Gasteiger partial charge in [0.15, 0.2) is 0 Å². The molecule has 2 nitrogen and oxygen atoms in total. The number of nitrogens with one attached hydrogen (secondary N) is 1. The van der Waals surface area contributed by atoms with Crippen molar-refractivity contribution in [2.75, 3.05) is 14.1 Å². The van der Waals surface area contributed by atoms with Crippen LogP contribution >= 0.6 is 0 Å². The predicted octanol–water partition coefficient (Wildman–Crippen LogP) is 2.64. The van der Waals surface area contributed by atoms with Crippen molar-refractivity contribution in [1.29, 1.82) is 0 Å². The van der Waals surface area contributed by atoms with Crippen LogP contribution in [-0.4, -0.2) is 25.0 Å². The zero-order valence-electron chi connectivity index (χ0n) is 11.2. The molecule has 0 amide bonds.